The van der Waals surface area contributed by atoms with Crippen molar-refractivity contribution in [2.24, 2.45) is 0 Å². The van der Waals surface area contributed by atoms with Gasteiger partial charge in [-0.05, 0) is 38.1 Å². The van der Waals surface area contributed by atoms with Gasteiger partial charge in [-0.2, -0.15) is 0 Å². The molecule has 26 heavy (non-hydrogen) atoms. The Balaban J connectivity index is 1.68. The highest BCUT2D eigenvalue weighted by atomic mass is 16.5. The highest BCUT2D eigenvalue weighted by Crippen LogP contribution is 2.23. The molecule has 3 aromatic rings. The number of aryl methyl sites for hydroxylation is 2. The number of rotatable bonds is 5. The number of nitrogens with zero attached hydrogens (tertiary/aromatic N) is 4. The molecule has 7 nitrogen and oxygen atoms in total. The summed E-state index contributed by atoms with van der Waals surface area (Å²) in [5.41, 5.74) is 3.50. The van der Waals surface area contributed by atoms with Crippen LogP contribution in [0, 0.1) is 13.8 Å². The molecule has 0 radical (unpaired) electrons. The van der Waals surface area contributed by atoms with Gasteiger partial charge in [-0.1, -0.05) is 6.07 Å². The zero-order valence-electron chi connectivity index (χ0n) is 14.7. The molecule has 4 heterocycles. The minimum absolute atomic E-state index is 0.275. The molecule has 0 amide bonds. The molecule has 4 rings (SSSR count). The van der Waals surface area contributed by atoms with E-state index in [-0.39, 0.29) is 6.04 Å². The van der Waals surface area contributed by atoms with E-state index in [4.69, 9.17) is 4.74 Å². The maximum Gasteiger partial charge on any atom is 0.182 e. The number of nitrogens with one attached hydrogen (secondary N) is 2. The lowest BCUT2D eigenvalue weighted by Crippen LogP contribution is -2.40. The summed E-state index contributed by atoms with van der Waals surface area (Å²) in [6.07, 6.45) is 1.79. The minimum Gasteiger partial charge on any atom is -0.377 e. The highest BCUT2D eigenvalue weighted by molar-refractivity contribution is 5.63. The van der Waals surface area contributed by atoms with E-state index in [9.17, 15) is 0 Å². The van der Waals surface area contributed by atoms with Crippen LogP contribution in [0.15, 0.2) is 42.6 Å². The zero-order valence-corrected chi connectivity index (χ0v) is 14.7. The Hall–Kier alpha value is -3.06. The van der Waals surface area contributed by atoms with Crippen molar-refractivity contribution in [1.82, 2.24) is 19.9 Å². The van der Waals surface area contributed by atoms with E-state index in [2.05, 4.69) is 30.6 Å². The van der Waals surface area contributed by atoms with Crippen molar-refractivity contribution in [3.05, 3.63) is 54.0 Å². The van der Waals surface area contributed by atoms with Crippen molar-refractivity contribution in [1.29, 1.82) is 0 Å². The van der Waals surface area contributed by atoms with Crippen molar-refractivity contribution in [3.8, 4) is 11.5 Å². The first-order valence-electron chi connectivity index (χ1n) is 8.53. The van der Waals surface area contributed by atoms with Gasteiger partial charge in [0.2, 0.25) is 0 Å². The summed E-state index contributed by atoms with van der Waals surface area (Å²) >= 11 is 0. The van der Waals surface area contributed by atoms with Crippen molar-refractivity contribution in [2.45, 2.75) is 19.9 Å². The monoisotopic (exact) mass is 348 g/mol. The van der Waals surface area contributed by atoms with Gasteiger partial charge in [0.05, 0.1) is 31.1 Å². The van der Waals surface area contributed by atoms with Crippen LogP contribution in [0.2, 0.25) is 0 Å². The van der Waals surface area contributed by atoms with Crippen molar-refractivity contribution in [3.63, 3.8) is 0 Å². The average molecular weight is 348 g/mol. The number of pyridine rings is 2. The third-order valence-corrected chi connectivity index (χ3v) is 4.02. The lowest BCUT2D eigenvalue weighted by Gasteiger charge is -2.27. The molecule has 7 heteroatoms. The van der Waals surface area contributed by atoms with Crippen LogP contribution in [0.25, 0.3) is 11.5 Å². The molecule has 0 aromatic carbocycles. The van der Waals surface area contributed by atoms with Crippen LogP contribution in [-0.4, -0.2) is 39.2 Å². The van der Waals surface area contributed by atoms with Gasteiger partial charge in [0.25, 0.3) is 0 Å². The van der Waals surface area contributed by atoms with Crippen molar-refractivity contribution >= 4 is 17.3 Å². The first-order chi connectivity index (χ1) is 12.7. The Morgan fingerprint density at radius 1 is 0.962 bits per heavy atom. The van der Waals surface area contributed by atoms with E-state index in [1.807, 2.05) is 50.2 Å². The van der Waals surface area contributed by atoms with Gasteiger partial charge in [0.15, 0.2) is 5.82 Å². The summed E-state index contributed by atoms with van der Waals surface area (Å²) in [7, 11) is 0. The number of aromatic nitrogens is 4. The predicted molar refractivity (Wildman–Crippen MR) is 100 cm³/mol. The molecule has 0 unspecified atom stereocenters. The van der Waals surface area contributed by atoms with E-state index < -0.39 is 0 Å². The summed E-state index contributed by atoms with van der Waals surface area (Å²) in [6, 6.07) is 11.9. The quantitative estimate of drug-likeness (QED) is 0.733. The topological polar surface area (TPSA) is 84.9 Å². The third kappa shape index (κ3) is 3.78. The highest BCUT2D eigenvalue weighted by Gasteiger charge is 2.19. The second kappa shape index (κ2) is 7.05. The Morgan fingerprint density at radius 3 is 2.50 bits per heavy atom. The fourth-order valence-electron chi connectivity index (χ4n) is 2.59. The third-order valence-electron chi connectivity index (χ3n) is 4.02. The summed E-state index contributed by atoms with van der Waals surface area (Å²) in [5, 5.41) is 6.67. The molecule has 132 valence electrons. The van der Waals surface area contributed by atoms with Gasteiger partial charge in [-0.15, -0.1) is 0 Å². The summed E-state index contributed by atoms with van der Waals surface area (Å²) in [6.45, 7) is 5.28. The minimum atomic E-state index is 0.275. The average Bonchev–Trinajstić information content (AvgIpc) is 2.60. The second-order valence-corrected chi connectivity index (χ2v) is 6.32. The molecule has 0 aliphatic carbocycles. The molecule has 2 N–H and O–H groups in total. The standard InChI is InChI=1S/C19H20N6O/c1-12-6-7-14(9-20-12)22-17-8-18(23-15-10-26-11-15)25-19(24-17)16-5-3-4-13(2)21-16/h3-9,15H,10-11H2,1-2H3,(H2,22,23,24,25). The number of hydrogen-bond donors (Lipinski definition) is 2. The normalized spacial score (nSPS) is 13.9. The van der Waals surface area contributed by atoms with E-state index in [1.165, 1.54) is 0 Å². The molecule has 1 aliphatic heterocycles. The SMILES string of the molecule is Cc1ccc(Nc2cc(NC3COC3)nc(-c3cccc(C)n3)n2)cn1. The zero-order chi connectivity index (χ0) is 17.9. The van der Waals surface area contributed by atoms with Gasteiger partial charge in [-0.25, -0.2) is 15.0 Å². The Labute approximate surface area is 151 Å². The first kappa shape index (κ1) is 16.4. The molecule has 0 atom stereocenters. The lowest BCUT2D eigenvalue weighted by atomic mass is 10.2. The van der Waals surface area contributed by atoms with E-state index in [1.54, 1.807) is 6.20 Å². The number of ether oxygens (including phenoxy) is 1. The molecule has 0 spiro atoms. The first-order valence-corrected chi connectivity index (χ1v) is 8.53. The number of hydrogen-bond acceptors (Lipinski definition) is 7. The van der Waals surface area contributed by atoms with Gasteiger partial charge in [0.1, 0.15) is 17.3 Å². The fraction of sp³-hybridized carbons (Fsp3) is 0.263. The summed E-state index contributed by atoms with van der Waals surface area (Å²) in [5.74, 6) is 2.00. The smallest absolute Gasteiger partial charge is 0.182 e. The van der Waals surface area contributed by atoms with Gasteiger partial charge in [-0.3, -0.25) is 4.98 Å². The van der Waals surface area contributed by atoms with Gasteiger partial charge >= 0.3 is 0 Å². The van der Waals surface area contributed by atoms with Crippen LogP contribution in [0.4, 0.5) is 17.3 Å². The molecule has 1 aliphatic rings. The molecule has 3 aromatic heterocycles. The number of anilines is 3. The summed E-state index contributed by atoms with van der Waals surface area (Å²) in [4.78, 5) is 18.1. The molecular formula is C19H20N6O. The molecule has 1 fully saturated rings. The maximum absolute atomic E-state index is 5.23. The Kier molecular flexibility index (Phi) is 4.45. The maximum atomic E-state index is 5.23. The molecule has 1 saturated heterocycles. The van der Waals surface area contributed by atoms with E-state index >= 15 is 0 Å². The van der Waals surface area contributed by atoms with Crippen LogP contribution < -0.4 is 10.6 Å². The van der Waals surface area contributed by atoms with E-state index in [0.717, 1.165) is 28.6 Å². The molecule has 0 bridgehead atoms. The largest absolute Gasteiger partial charge is 0.377 e. The fourth-order valence-corrected chi connectivity index (χ4v) is 2.59. The summed E-state index contributed by atoms with van der Waals surface area (Å²) < 4.78 is 5.23. The van der Waals surface area contributed by atoms with Crippen LogP contribution in [0.3, 0.4) is 0 Å². The molecular weight excluding hydrogens is 328 g/mol. The van der Waals surface area contributed by atoms with Crippen LogP contribution in [0.5, 0.6) is 0 Å². The van der Waals surface area contributed by atoms with Gasteiger partial charge in [0, 0.05) is 17.5 Å². The lowest BCUT2D eigenvalue weighted by molar-refractivity contribution is 0.0209. The predicted octanol–water partition coefficient (Wildman–Crippen LogP) is 3.10. The van der Waals surface area contributed by atoms with Crippen molar-refractivity contribution < 1.29 is 4.74 Å². The van der Waals surface area contributed by atoms with Crippen LogP contribution in [-0.2, 0) is 4.74 Å². The Bertz CT molecular complexity index is 908. The second-order valence-electron chi connectivity index (χ2n) is 6.32. The van der Waals surface area contributed by atoms with Crippen molar-refractivity contribution in [2.75, 3.05) is 23.8 Å². The Morgan fingerprint density at radius 2 is 1.81 bits per heavy atom. The van der Waals surface area contributed by atoms with Crippen LogP contribution in [0.1, 0.15) is 11.4 Å². The van der Waals surface area contributed by atoms with E-state index in [0.29, 0.717) is 24.9 Å². The van der Waals surface area contributed by atoms with Crippen LogP contribution >= 0.6 is 0 Å². The van der Waals surface area contributed by atoms with Gasteiger partial charge < -0.3 is 15.4 Å². The molecule has 0 saturated carbocycles.